The monoisotopic (exact) mass is 245 g/mol. The van der Waals surface area contributed by atoms with Crippen LogP contribution in [-0.2, 0) is 9.84 Å². The lowest BCUT2D eigenvalue weighted by molar-refractivity contribution is 0.410. The molecule has 16 heavy (non-hydrogen) atoms. The molecule has 7 nitrogen and oxygen atoms in total. The lowest BCUT2D eigenvalue weighted by Gasteiger charge is -2.25. The molecule has 1 fully saturated rings. The fourth-order valence-corrected chi connectivity index (χ4v) is 3.33. The predicted molar refractivity (Wildman–Crippen MR) is 57.4 cm³/mol. The number of hydrogen-bond donors (Lipinski definition) is 2. The Labute approximate surface area is 93.9 Å². The van der Waals surface area contributed by atoms with Gasteiger partial charge in [0, 0.05) is 6.04 Å². The van der Waals surface area contributed by atoms with Crippen molar-refractivity contribution in [2.24, 2.45) is 0 Å². The second-order valence-corrected chi connectivity index (χ2v) is 6.39. The van der Waals surface area contributed by atoms with Gasteiger partial charge in [-0.05, 0) is 19.8 Å². The van der Waals surface area contributed by atoms with Crippen molar-refractivity contribution >= 4 is 9.84 Å². The number of aromatic nitrogens is 4. The summed E-state index contributed by atoms with van der Waals surface area (Å²) in [5, 5.41) is 17.0. The Bertz CT molecular complexity index is 415. The van der Waals surface area contributed by atoms with Gasteiger partial charge in [0.15, 0.2) is 5.82 Å². The molecule has 0 aromatic carbocycles. The van der Waals surface area contributed by atoms with Gasteiger partial charge >= 0.3 is 0 Å². The first kappa shape index (κ1) is 11.5. The van der Waals surface area contributed by atoms with E-state index in [0.29, 0.717) is 18.7 Å². The van der Waals surface area contributed by atoms with Crippen LogP contribution in [0.3, 0.4) is 0 Å². The summed E-state index contributed by atoms with van der Waals surface area (Å²) in [6.45, 7) is 1.94. The van der Waals surface area contributed by atoms with Crippen molar-refractivity contribution < 1.29 is 8.42 Å². The molecule has 1 aliphatic rings. The van der Waals surface area contributed by atoms with E-state index in [0.717, 1.165) is 0 Å². The summed E-state index contributed by atoms with van der Waals surface area (Å²) in [4.78, 5) is 0. The first-order valence-corrected chi connectivity index (χ1v) is 7.09. The number of nitrogens with one attached hydrogen (secondary N) is 2. The molecule has 0 bridgehead atoms. The molecule has 0 radical (unpaired) electrons. The third-order valence-corrected chi connectivity index (χ3v) is 4.50. The highest BCUT2D eigenvalue weighted by Crippen LogP contribution is 2.15. The van der Waals surface area contributed by atoms with E-state index in [1.165, 1.54) is 0 Å². The van der Waals surface area contributed by atoms with Crippen LogP contribution in [0.4, 0.5) is 0 Å². The van der Waals surface area contributed by atoms with Gasteiger partial charge in [0.2, 0.25) is 0 Å². The smallest absolute Gasteiger partial charge is 0.191 e. The van der Waals surface area contributed by atoms with Gasteiger partial charge < -0.3 is 5.32 Å². The van der Waals surface area contributed by atoms with Crippen molar-refractivity contribution in [2.45, 2.75) is 31.8 Å². The quantitative estimate of drug-likeness (QED) is 0.739. The number of sulfone groups is 1. The lowest BCUT2D eigenvalue weighted by Crippen LogP contribution is -2.39. The van der Waals surface area contributed by atoms with Gasteiger partial charge in [-0.1, -0.05) is 5.21 Å². The molecule has 0 amide bonds. The van der Waals surface area contributed by atoms with Crippen LogP contribution in [0, 0.1) is 0 Å². The fourth-order valence-electron chi connectivity index (χ4n) is 1.84. The largest absolute Gasteiger partial charge is 0.305 e. The topological polar surface area (TPSA) is 101 Å². The van der Waals surface area contributed by atoms with E-state index in [1.807, 2.05) is 6.92 Å². The van der Waals surface area contributed by atoms with E-state index in [2.05, 4.69) is 25.9 Å². The van der Waals surface area contributed by atoms with Gasteiger partial charge in [-0.3, -0.25) is 0 Å². The van der Waals surface area contributed by atoms with Gasteiger partial charge in [0.05, 0.1) is 17.5 Å². The van der Waals surface area contributed by atoms with Crippen LogP contribution in [0.5, 0.6) is 0 Å². The SMILES string of the molecule is CC(NC1CCS(=O)(=O)CC1)c1nn[nH]n1. The number of nitrogens with zero attached hydrogens (tertiary/aromatic N) is 3. The Morgan fingerprint density at radius 2 is 2.12 bits per heavy atom. The fraction of sp³-hybridized carbons (Fsp3) is 0.875. The van der Waals surface area contributed by atoms with Crippen molar-refractivity contribution in [1.29, 1.82) is 0 Å². The minimum Gasteiger partial charge on any atom is -0.305 e. The van der Waals surface area contributed by atoms with Crippen LogP contribution in [0.2, 0.25) is 0 Å². The zero-order valence-electron chi connectivity index (χ0n) is 9.05. The van der Waals surface area contributed by atoms with E-state index >= 15 is 0 Å². The molecule has 8 heteroatoms. The molecule has 1 aromatic heterocycles. The molecule has 0 saturated carbocycles. The summed E-state index contributed by atoms with van der Waals surface area (Å²) in [6, 6.07) is 0.210. The van der Waals surface area contributed by atoms with E-state index in [1.54, 1.807) is 0 Å². The minimum atomic E-state index is -2.80. The summed E-state index contributed by atoms with van der Waals surface area (Å²) in [7, 11) is -2.80. The lowest BCUT2D eigenvalue weighted by atomic mass is 10.1. The number of tetrazole rings is 1. The van der Waals surface area contributed by atoms with E-state index in [9.17, 15) is 8.42 Å². The Hall–Kier alpha value is -1.02. The van der Waals surface area contributed by atoms with E-state index in [4.69, 9.17) is 0 Å². The van der Waals surface area contributed by atoms with Crippen LogP contribution >= 0.6 is 0 Å². The second kappa shape index (κ2) is 4.46. The summed E-state index contributed by atoms with van der Waals surface area (Å²) in [5.74, 6) is 1.14. The normalized spacial score (nSPS) is 23.1. The van der Waals surface area contributed by atoms with Crippen LogP contribution < -0.4 is 5.32 Å². The number of aromatic amines is 1. The molecule has 90 valence electrons. The second-order valence-electron chi connectivity index (χ2n) is 4.08. The molecule has 1 atom stereocenters. The molecular weight excluding hydrogens is 230 g/mol. The summed E-state index contributed by atoms with van der Waals surface area (Å²) < 4.78 is 22.5. The molecule has 2 N–H and O–H groups in total. The average Bonchev–Trinajstić information content (AvgIpc) is 2.74. The zero-order valence-corrected chi connectivity index (χ0v) is 9.87. The maximum Gasteiger partial charge on any atom is 0.191 e. The molecule has 2 heterocycles. The number of hydrogen-bond acceptors (Lipinski definition) is 6. The van der Waals surface area contributed by atoms with Gasteiger partial charge in [-0.25, -0.2) is 8.42 Å². The van der Waals surface area contributed by atoms with Crippen molar-refractivity contribution in [2.75, 3.05) is 11.5 Å². The van der Waals surface area contributed by atoms with Crippen LogP contribution in [-0.4, -0.2) is 46.6 Å². The maximum atomic E-state index is 11.2. The van der Waals surface area contributed by atoms with Crippen LogP contribution in [0.1, 0.15) is 31.6 Å². The molecular formula is C8H15N5O2S. The number of rotatable bonds is 3. The van der Waals surface area contributed by atoms with Crippen molar-refractivity contribution in [1.82, 2.24) is 25.9 Å². The Kier molecular flexibility index (Phi) is 3.20. The van der Waals surface area contributed by atoms with Crippen molar-refractivity contribution in [3.63, 3.8) is 0 Å². The van der Waals surface area contributed by atoms with Crippen LogP contribution in [0.15, 0.2) is 0 Å². The number of H-pyrrole nitrogens is 1. The van der Waals surface area contributed by atoms with Gasteiger partial charge in [0.1, 0.15) is 9.84 Å². The van der Waals surface area contributed by atoms with Gasteiger partial charge in [-0.15, -0.1) is 10.2 Å². The van der Waals surface area contributed by atoms with E-state index < -0.39 is 9.84 Å². The summed E-state index contributed by atoms with van der Waals surface area (Å²) in [5.41, 5.74) is 0. The average molecular weight is 245 g/mol. The van der Waals surface area contributed by atoms with E-state index in [-0.39, 0.29) is 23.6 Å². The van der Waals surface area contributed by atoms with Gasteiger partial charge in [0.25, 0.3) is 0 Å². The minimum absolute atomic E-state index is 0.00967. The molecule has 0 aliphatic carbocycles. The first-order chi connectivity index (χ1) is 7.57. The Morgan fingerprint density at radius 1 is 1.44 bits per heavy atom. The van der Waals surface area contributed by atoms with Crippen LogP contribution in [0.25, 0.3) is 0 Å². The molecule has 0 spiro atoms. The third kappa shape index (κ3) is 2.76. The Balaban J connectivity index is 1.87. The summed E-state index contributed by atoms with van der Waals surface area (Å²) >= 11 is 0. The highest BCUT2D eigenvalue weighted by molar-refractivity contribution is 7.91. The Morgan fingerprint density at radius 3 is 2.69 bits per heavy atom. The zero-order chi connectivity index (χ0) is 11.6. The van der Waals surface area contributed by atoms with Crippen molar-refractivity contribution in [3.05, 3.63) is 5.82 Å². The highest BCUT2D eigenvalue weighted by atomic mass is 32.2. The van der Waals surface area contributed by atoms with Crippen molar-refractivity contribution in [3.8, 4) is 0 Å². The van der Waals surface area contributed by atoms with Gasteiger partial charge in [-0.2, -0.15) is 5.21 Å². The highest BCUT2D eigenvalue weighted by Gasteiger charge is 2.25. The maximum absolute atomic E-state index is 11.2. The molecule has 1 unspecified atom stereocenters. The molecule has 2 rings (SSSR count). The molecule has 1 saturated heterocycles. The molecule has 1 aromatic rings. The molecule has 1 aliphatic heterocycles. The third-order valence-electron chi connectivity index (χ3n) is 2.79. The first-order valence-electron chi connectivity index (χ1n) is 5.26. The summed E-state index contributed by atoms with van der Waals surface area (Å²) in [6.07, 6.45) is 1.31. The standard InChI is InChI=1S/C8H15N5O2S/c1-6(8-10-12-13-11-8)9-7-2-4-16(14,15)5-3-7/h6-7,9H,2-5H2,1H3,(H,10,11,12,13). The predicted octanol–water partition coefficient (Wildman–Crippen LogP) is -0.573.